The van der Waals surface area contributed by atoms with E-state index in [-0.39, 0.29) is 11.8 Å². The van der Waals surface area contributed by atoms with Crippen LogP contribution < -0.4 is 20.1 Å². The van der Waals surface area contributed by atoms with Gasteiger partial charge < -0.3 is 29.6 Å². The van der Waals surface area contributed by atoms with Gasteiger partial charge in [-0.1, -0.05) is 48.5 Å². The zero-order valence-electron chi connectivity index (χ0n) is 27.0. The lowest BCUT2D eigenvalue weighted by Crippen LogP contribution is -2.37. The SMILES string of the molecule is COc1cc2oc3c(c2cc1OC)CCN(C(O)/C=C/c1ccc(NC(=O)c2ccccc2NC(=O)c2cnc4ccccc4c2)cc1)C3. The third-order valence-electron chi connectivity index (χ3n) is 8.65. The van der Waals surface area contributed by atoms with E-state index in [2.05, 4.69) is 15.6 Å². The minimum atomic E-state index is -0.818. The fraction of sp³-hybridized carbons (Fsp3) is 0.154. The van der Waals surface area contributed by atoms with E-state index in [4.69, 9.17) is 13.9 Å². The number of furan rings is 1. The van der Waals surface area contributed by atoms with E-state index >= 15 is 0 Å². The number of methoxy groups -OCH3 is 2. The third kappa shape index (κ3) is 6.60. The normalized spacial score (nSPS) is 13.7. The van der Waals surface area contributed by atoms with Crippen molar-refractivity contribution in [1.29, 1.82) is 0 Å². The molecule has 0 radical (unpaired) electrons. The highest BCUT2D eigenvalue weighted by Crippen LogP contribution is 2.38. The molecular weight excluding hydrogens is 620 g/mol. The quantitative estimate of drug-likeness (QED) is 0.154. The van der Waals surface area contributed by atoms with Crippen LogP contribution in [0.2, 0.25) is 0 Å². The second-order valence-corrected chi connectivity index (χ2v) is 11.7. The first-order valence-electron chi connectivity index (χ1n) is 15.8. The number of aromatic nitrogens is 1. The number of nitrogens with one attached hydrogen (secondary N) is 2. The molecule has 7 rings (SSSR count). The van der Waals surface area contributed by atoms with Crippen LogP contribution in [0.25, 0.3) is 27.9 Å². The van der Waals surface area contributed by atoms with Gasteiger partial charge in [-0.2, -0.15) is 0 Å². The summed E-state index contributed by atoms with van der Waals surface area (Å²) in [4.78, 5) is 32.6. The molecular formula is C39H34N4O6. The van der Waals surface area contributed by atoms with Crippen LogP contribution in [0.15, 0.2) is 108 Å². The van der Waals surface area contributed by atoms with E-state index in [0.29, 0.717) is 47.1 Å². The molecule has 49 heavy (non-hydrogen) atoms. The fourth-order valence-electron chi connectivity index (χ4n) is 6.05. The summed E-state index contributed by atoms with van der Waals surface area (Å²) in [7, 11) is 3.20. The number of aliphatic hydroxyl groups is 1. The number of hydrogen-bond donors (Lipinski definition) is 3. The van der Waals surface area contributed by atoms with E-state index in [1.54, 1.807) is 62.8 Å². The number of benzene rings is 4. The minimum absolute atomic E-state index is 0.323. The van der Waals surface area contributed by atoms with Gasteiger partial charge >= 0.3 is 0 Å². The first-order chi connectivity index (χ1) is 23.9. The van der Waals surface area contributed by atoms with Crippen LogP contribution in [0.4, 0.5) is 11.4 Å². The van der Waals surface area contributed by atoms with Crippen molar-refractivity contribution in [3.05, 3.63) is 131 Å². The Morgan fingerprint density at radius 1 is 0.918 bits per heavy atom. The number of hydrogen-bond acceptors (Lipinski definition) is 8. The number of para-hydroxylation sites is 2. The monoisotopic (exact) mass is 654 g/mol. The van der Waals surface area contributed by atoms with E-state index in [9.17, 15) is 14.7 Å². The highest BCUT2D eigenvalue weighted by Gasteiger charge is 2.26. The molecule has 0 aliphatic carbocycles. The highest BCUT2D eigenvalue weighted by atomic mass is 16.5. The van der Waals surface area contributed by atoms with Crippen LogP contribution in [-0.4, -0.2) is 53.8 Å². The van der Waals surface area contributed by atoms with Crippen LogP contribution in [0, 0.1) is 0 Å². The molecule has 0 saturated carbocycles. The average Bonchev–Trinajstić information content (AvgIpc) is 3.50. The smallest absolute Gasteiger partial charge is 0.257 e. The second kappa shape index (κ2) is 13.6. The Kier molecular flexibility index (Phi) is 8.80. The largest absolute Gasteiger partial charge is 0.493 e. The fourth-order valence-corrected chi connectivity index (χ4v) is 6.05. The summed E-state index contributed by atoms with van der Waals surface area (Å²) in [5.74, 6) is 1.35. The Morgan fingerprint density at radius 3 is 2.49 bits per heavy atom. The van der Waals surface area contributed by atoms with E-state index in [1.807, 2.05) is 59.5 Å². The molecule has 1 atom stereocenters. The maximum atomic E-state index is 13.3. The molecule has 4 aromatic carbocycles. The molecule has 0 spiro atoms. The molecule has 2 amide bonds. The number of fused-ring (bicyclic) bond motifs is 4. The minimum Gasteiger partial charge on any atom is -0.493 e. The van der Waals surface area contributed by atoms with Crippen molar-refractivity contribution in [1.82, 2.24) is 9.88 Å². The van der Waals surface area contributed by atoms with Crippen LogP contribution in [-0.2, 0) is 13.0 Å². The van der Waals surface area contributed by atoms with Crippen LogP contribution >= 0.6 is 0 Å². The summed E-state index contributed by atoms with van der Waals surface area (Å²) >= 11 is 0. The zero-order valence-corrected chi connectivity index (χ0v) is 27.0. The molecule has 2 aromatic heterocycles. The van der Waals surface area contributed by atoms with Crippen molar-refractivity contribution in [3.63, 3.8) is 0 Å². The highest BCUT2D eigenvalue weighted by molar-refractivity contribution is 6.13. The maximum absolute atomic E-state index is 13.3. The summed E-state index contributed by atoms with van der Waals surface area (Å²) < 4.78 is 17.0. The summed E-state index contributed by atoms with van der Waals surface area (Å²) in [5, 5.41) is 18.6. The first kappa shape index (κ1) is 31.6. The lowest BCUT2D eigenvalue weighted by Gasteiger charge is -2.28. The predicted molar refractivity (Wildman–Crippen MR) is 189 cm³/mol. The Labute approximate surface area is 282 Å². The van der Waals surface area contributed by atoms with Gasteiger partial charge in [0, 0.05) is 40.8 Å². The van der Waals surface area contributed by atoms with E-state index in [0.717, 1.165) is 45.2 Å². The molecule has 1 aliphatic heterocycles. The molecule has 0 fully saturated rings. The molecule has 1 aliphatic rings. The second-order valence-electron chi connectivity index (χ2n) is 11.7. The Morgan fingerprint density at radius 2 is 1.67 bits per heavy atom. The molecule has 6 aromatic rings. The summed E-state index contributed by atoms with van der Waals surface area (Å²) in [6, 6.07) is 27.2. The van der Waals surface area contributed by atoms with Gasteiger partial charge in [0.15, 0.2) is 11.5 Å². The molecule has 10 nitrogen and oxygen atoms in total. The van der Waals surface area contributed by atoms with Crippen molar-refractivity contribution in [2.75, 3.05) is 31.4 Å². The van der Waals surface area contributed by atoms with Gasteiger partial charge in [0.25, 0.3) is 11.8 Å². The molecule has 10 heteroatoms. The number of pyridine rings is 1. The van der Waals surface area contributed by atoms with Crippen LogP contribution in [0.1, 0.15) is 37.6 Å². The van der Waals surface area contributed by atoms with Crippen molar-refractivity contribution in [2.45, 2.75) is 19.2 Å². The van der Waals surface area contributed by atoms with Crippen molar-refractivity contribution in [3.8, 4) is 11.5 Å². The predicted octanol–water partition coefficient (Wildman–Crippen LogP) is 6.89. The van der Waals surface area contributed by atoms with Gasteiger partial charge in [0.1, 0.15) is 17.6 Å². The van der Waals surface area contributed by atoms with Crippen molar-refractivity contribution in [2.24, 2.45) is 0 Å². The van der Waals surface area contributed by atoms with E-state index < -0.39 is 6.23 Å². The lowest BCUT2D eigenvalue weighted by atomic mass is 10.0. The molecule has 246 valence electrons. The summed E-state index contributed by atoms with van der Waals surface area (Å²) in [6.45, 7) is 1.12. The van der Waals surface area contributed by atoms with Crippen molar-refractivity contribution < 1.29 is 28.6 Å². The van der Waals surface area contributed by atoms with E-state index in [1.165, 1.54) is 6.20 Å². The summed E-state index contributed by atoms with van der Waals surface area (Å²) in [5.41, 5.74) is 5.19. The number of rotatable bonds is 9. The number of carbonyl (C=O) groups is 2. The molecule has 0 saturated heterocycles. The standard InChI is InChI=1S/C39H34N4O6/c1-47-34-20-30-28-17-18-43(23-36(28)49-33(30)21-35(34)48-2)37(44)16-13-24-11-14-27(15-12-24)41-39(46)29-8-4-6-10-32(29)42-38(45)26-19-25-7-3-5-9-31(25)40-22-26/h3-16,19-22,37,44H,17-18,23H2,1-2H3,(H,41,46)(H,42,45)/b16-13+. The van der Waals surface area contributed by atoms with Gasteiger partial charge in [-0.25, -0.2) is 0 Å². The van der Waals surface area contributed by atoms with Gasteiger partial charge in [-0.15, -0.1) is 0 Å². The Bertz CT molecular complexity index is 2210. The number of carbonyl (C=O) groups excluding carboxylic acids is 2. The third-order valence-corrected chi connectivity index (χ3v) is 8.65. The number of aliphatic hydroxyl groups excluding tert-OH is 1. The number of amides is 2. The zero-order chi connectivity index (χ0) is 33.9. The molecule has 3 heterocycles. The molecule has 1 unspecified atom stereocenters. The number of nitrogens with zero attached hydrogens (tertiary/aromatic N) is 2. The Hall–Kier alpha value is -5.97. The Balaban J connectivity index is 0.977. The maximum Gasteiger partial charge on any atom is 0.257 e. The topological polar surface area (TPSA) is 126 Å². The van der Waals surface area contributed by atoms with Crippen LogP contribution in [0.3, 0.4) is 0 Å². The van der Waals surface area contributed by atoms with Gasteiger partial charge in [-0.3, -0.25) is 19.5 Å². The summed E-state index contributed by atoms with van der Waals surface area (Å²) in [6.07, 6.45) is 5.00. The number of anilines is 2. The first-order valence-corrected chi connectivity index (χ1v) is 15.8. The molecule has 0 bridgehead atoms. The van der Waals surface area contributed by atoms with Crippen LogP contribution in [0.5, 0.6) is 11.5 Å². The lowest BCUT2D eigenvalue weighted by molar-refractivity contribution is 0.0271. The number of ether oxygens (including phenoxy) is 2. The van der Waals surface area contributed by atoms with Gasteiger partial charge in [0.05, 0.1) is 43.1 Å². The average molecular weight is 655 g/mol. The van der Waals surface area contributed by atoms with Crippen molar-refractivity contribution >= 4 is 51.1 Å². The van der Waals surface area contributed by atoms with Gasteiger partial charge in [0.2, 0.25) is 0 Å². The van der Waals surface area contributed by atoms with Gasteiger partial charge in [-0.05, 0) is 60.5 Å². The molecule has 3 N–H and O–H groups in total.